The van der Waals surface area contributed by atoms with Crippen LogP contribution in [0.1, 0.15) is 24.5 Å². The lowest BCUT2D eigenvalue weighted by atomic mass is 9.96. The maximum atomic E-state index is 13.6. The van der Waals surface area contributed by atoms with E-state index in [1.165, 1.54) is 12.1 Å². The number of amides is 2. The maximum absolute atomic E-state index is 13.6. The Morgan fingerprint density at radius 2 is 2.04 bits per heavy atom. The molecule has 3 atom stereocenters. The van der Waals surface area contributed by atoms with Crippen molar-refractivity contribution in [2.24, 2.45) is 0 Å². The highest BCUT2D eigenvalue weighted by Crippen LogP contribution is 2.45. The fraction of sp³-hybridized carbons (Fsp3) is 0.333. The van der Waals surface area contributed by atoms with E-state index in [0.29, 0.717) is 5.69 Å². The lowest BCUT2D eigenvalue weighted by Crippen LogP contribution is -2.38. The fourth-order valence-electron chi connectivity index (χ4n) is 4.00. The molecule has 0 radical (unpaired) electrons. The molecule has 1 aromatic heterocycles. The molecule has 1 aliphatic heterocycles. The molecule has 1 saturated carbocycles. The third kappa shape index (κ3) is 2.19. The van der Waals surface area contributed by atoms with Crippen molar-refractivity contribution in [1.29, 1.82) is 0 Å². The van der Waals surface area contributed by atoms with Gasteiger partial charge in [-0.3, -0.25) is 9.88 Å². The molecule has 1 saturated heterocycles. The predicted octanol–water partition coefficient (Wildman–Crippen LogP) is 3.41. The first-order valence-corrected chi connectivity index (χ1v) is 7.89. The number of rotatable bonds is 2. The highest BCUT2D eigenvalue weighted by molar-refractivity contribution is 5.96. The zero-order valence-corrected chi connectivity index (χ0v) is 12.9. The van der Waals surface area contributed by atoms with Gasteiger partial charge in [0.15, 0.2) is 0 Å². The summed E-state index contributed by atoms with van der Waals surface area (Å²) >= 11 is 0. The second-order valence-corrected chi connectivity index (χ2v) is 6.24. The SMILES string of the molecule is CN1C(=O)N(c2cccc(F)c2)[C@@H]2[C@H](c3ccccn3)CC[C@@H]21. The van der Waals surface area contributed by atoms with Crippen LogP contribution in [0, 0.1) is 5.82 Å². The van der Waals surface area contributed by atoms with Crippen LogP contribution in [0.25, 0.3) is 0 Å². The van der Waals surface area contributed by atoms with Gasteiger partial charge in [0.05, 0.1) is 12.1 Å². The Morgan fingerprint density at radius 1 is 1.17 bits per heavy atom. The number of aromatic nitrogens is 1. The molecule has 2 heterocycles. The van der Waals surface area contributed by atoms with Crippen LogP contribution in [0.2, 0.25) is 0 Å². The Hall–Kier alpha value is -2.43. The summed E-state index contributed by atoms with van der Waals surface area (Å²) in [5, 5.41) is 0. The Balaban J connectivity index is 1.77. The average molecular weight is 311 g/mol. The van der Waals surface area contributed by atoms with E-state index >= 15 is 0 Å². The summed E-state index contributed by atoms with van der Waals surface area (Å²) in [6.07, 6.45) is 3.71. The Morgan fingerprint density at radius 3 is 2.78 bits per heavy atom. The van der Waals surface area contributed by atoms with Crippen LogP contribution in [0.3, 0.4) is 0 Å². The van der Waals surface area contributed by atoms with Gasteiger partial charge in [-0.25, -0.2) is 9.18 Å². The molecule has 1 aromatic carbocycles. The molecule has 0 N–H and O–H groups in total. The number of fused-ring (bicyclic) bond motifs is 1. The molecule has 1 aliphatic carbocycles. The Kier molecular flexibility index (Phi) is 3.29. The number of carbonyl (C=O) groups is 1. The van der Waals surface area contributed by atoms with E-state index in [2.05, 4.69) is 4.98 Å². The largest absolute Gasteiger partial charge is 0.324 e. The first kappa shape index (κ1) is 14.2. The van der Waals surface area contributed by atoms with Crippen LogP contribution in [0.4, 0.5) is 14.9 Å². The van der Waals surface area contributed by atoms with Crippen LogP contribution in [-0.2, 0) is 0 Å². The minimum absolute atomic E-state index is 0.00389. The highest BCUT2D eigenvalue weighted by Gasteiger charge is 2.52. The number of likely N-dealkylation sites (N-methyl/N-ethyl adjacent to an activating group) is 1. The minimum Gasteiger partial charge on any atom is -0.322 e. The van der Waals surface area contributed by atoms with Crippen molar-refractivity contribution < 1.29 is 9.18 Å². The van der Waals surface area contributed by atoms with E-state index in [4.69, 9.17) is 0 Å². The van der Waals surface area contributed by atoms with Crippen molar-refractivity contribution >= 4 is 11.7 Å². The summed E-state index contributed by atoms with van der Waals surface area (Å²) in [5.74, 6) is -0.146. The fourth-order valence-corrected chi connectivity index (χ4v) is 4.00. The van der Waals surface area contributed by atoms with Crippen molar-refractivity contribution in [3.8, 4) is 0 Å². The average Bonchev–Trinajstić information content (AvgIpc) is 3.09. The zero-order valence-electron chi connectivity index (χ0n) is 12.9. The number of benzene rings is 1. The summed E-state index contributed by atoms with van der Waals surface area (Å²) in [6.45, 7) is 0. The van der Waals surface area contributed by atoms with Gasteiger partial charge in [-0.1, -0.05) is 12.1 Å². The molecule has 2 aliphatic rings. The van der Waals surface area contributed by atoms with Gasteiger partial charge >= 0.3 is 6.03 Å². The number of anilines is 1. The van der Waals surface area contributed by atoms with E-state index in [1.807, 2.05) is 25.2 Å². The number of pyridine rings is 1. The molecular weight excluding hydrogens is 293 g/mol. The maximum Gasteiger partial charge on any atom is 0.324 e. The zero-order chi connectivity index (χ0) is 16.0. The van der Waals surface area contributed by atoms with Gasteiger partial charge in [-0.05, 0) is 43.2 Å². The molecule has 4 nitrogen and oxygen atoms in total. The van der Waals surface area contributed by atoms with Gasteiger partial charge in [0.1, 0.15) is 5.82 Å². The standard InChI is InChI=1S/C18H18FN3O/c1-21-16-9-8-14(15-7-2-3-10-20-15)17(16)22(18(21)23)13-6-4-5-12(19)11-13/h2-7,10-11,14,16-17H,8-9H2,1H3/t14-,16-,17+/m0/s1. The quantitative estimate of drug-likeness (QED) is 0.852. The van der Waals surface area contributed by atoms with Crippen molar-refractivity contribution in [2.75, 3.05) is 11.9 Å². The van der Waals surface area contributed by atoms with Crippen molar-refractivity contribution in [3.05, 3.63) is 60.2 Å². The molecule has 2 aromatic rings. The molecule has 5 heteroatoms. The van der Waals surface area contributed by atoms with Gasteiger partial charge in [-0.2, -0.15) is 0 Å². The summed E-state index contributed by atoms with van der Waals surface area (Å²) in [5.41, 5.74) is 1.63. The van der Waals surface area contributed by atoms with E-state index in [9.17, 15) is 9.18 Å². The molecular formula is C18H18FN3O. The molecule has 0 bridgehead atoms. The Bertz CT molecular complexity index is 736. The Labute approximate surface area is 134 Å². The number of halogens is 1. The van der Waals surface area contributed by atoms with Gasteiger partial charge in [0, 0.05) is 30.5 Å². The topological polar surface area (TPSA) is 36.4 Å². The van der Waals surface area contributed by atoms with Crippen LogP contribution in [0.15, 0.2) is 48.7 Å². The van der Waals surface area contributed by atoms with Gasteiger partial charge in [-0.15, -0.1) is 0 Å². The summed E-state index contributed by atoms with van der Waals surface area (Å²) in [4.78, 5) is 20.7. The van der Waals surface area contributed by atoms with E-state index < -0.39 is 0 Å². The van der Waals surface area contributed by atoms with Crippen molar-refractivity contribution in [3.63, 3.8) is 0 Å². The third-order valence-corrected chi connectivity index (χ3v) is 5.04. The minimum atomic E-state index is -0.325. The highest BCUT2D eigenvalue weighted by atomic mass is 19.1. The molecule has 23 heavy (non-hydrogen) atoms. The van der Waals surface area contributed by atoms with Crippen molar-refractivity contribution in [2.45, 2.75) is 30.8 Å². The predicted molar refractivity (Wildman–Crippen MR) is 85.8 cm³/mol. The first-order valence-electron chi connectivity index (χ1n) is 7.89. The van der Waals surface area contributed by atoms with Gasteiger partial charge < -0.3 is 4.90 Å². The van der Waals surface area contributed by atoms with E-state index in [1.54, 1.807) is 28.1 Å². The summed E-state index contributed by atoms with van der Waals surface area (Å²) in [6, 6.07) is 12.3. The van der Waals surface area contributed by atoms with E-state index in [-0.39, 0.29) is 29.8 Å². The van der Waals surface area contributed by atoms with E-state index in [0.717, 1.165) is 18.5 Å². The van der Waals surface area contributed by atoms with Crippen LogP contribution >= 0.6 is 0 Å². The lowest BCUT2D eigenvalue weighted by Gasteiger charge is -2.27. The molecule has 0 spiro atoms. The molecule has 118 valence electrons. The van der Waals surface area contributed by atoms with Crippen molar-refractivity contribution in [1.82, 2.24) is 9.88 Å². The number of hydrogen-bond acceptors (Lipinski definition) is 2. The second kappa shape index (κ2) is 5.33. The number of hydrogen-bond donors (Lipinski definition) is 0. The molecule has 2 fully saturated rings. The van der Waals surface area contributed by atoms with Crippen LogP contribution in [0.5, 0.6) is 0 Å². The first-order chi connectivity index (χ1) is 11.2. The monoisotopic (exact) mass is 311 g/mol. The van der Waals surface area contributed by atoms with Crippen LogP contribution in [-0.4, -0.2) is 35.0 Å². The summed E-state index contributed by atoms with van der Waals surface area (Å²) in [7, 11) is 1.83. The smallest absolute Gasteiger partial charge is 0.322 e. The van der Waals surface area contributed by atoms with Gasteiger partial charge in [0.25, 0.3) is 0 Å². The molecule has 2 amide bonds. The number of carbonyl (C=O) groups excluding carboxylic acids is 1. The number of urea groups is 1. The third-order valence-electron chi connectivity index (χ3n) is 5.04. The lowest BCUT2D eigenvalue weighted by molar-refractivity contribution is 0.218. The number of nitrogens with zero attached hydrogens (tertiary/aromatic N) is 3. The molecule has 0 unspecified atom stereocenters. The van der Waals surface area contributed by atoms with Crippen LogP contribution < -0.4 is 4.90 Å². The van der Waals surface area contributed by atoms with Gasteiger partial charge in [0.2, 0.25) is 0 Å². The summed E-state index contributed by atoms with van der Waals surface area (Å²) < 4.78 is 13.6. The normalized spacial score (nSPS) is 26.7. The molecule has 4 rings (SSSR count). The second-order valence-electron chi connectivity index (χ2n) is 6.24.